The smallest absolute Gasteiger partial charge is 0.407 e. The topological polar surface area (TPSA) is 75.6 Å². The first-order valence-corrected chi connectivity index (χ1v) is 5.31. The van der Waals surface area contributed by atoms with Gasteiger partial charge in [-0.3, -0.25) is 4.79 Å². The molecule has 5 heteroatoms. The van der Waals surface area contributed by atoms with Gasteiger partial charge in [0, 0.05) is 0 Å². The SMILES string of the molecule is O=C(O)CNC(=O)OCC1CCCCC1. The Morgan fingerprint density at radius 2 is 1.93 bits per heavy atom. The van der Waals surface area contributed by atoms with Crippen LogP contribution in [0.2, 0.25) is 0 Å². The van der Waals surface area contributed by atoms with Gasteiger partial charge in [-0.15, -0.1) is 0 Å². The summed E-state index contributed by atoms with van der Waals surface area (Å²) >= 11 is 0. The van der Waals surface area contributed by atoms with Crippen LogP contribution in [-0.4, -0.2) is 30.3 Å². The van der Waals surface area contributed by atoms with Gasteiger partial charge in [-0.1, -0.05) is 19.3 Å². The van der Waals surface area contributed by atoms with Gasteiger partial charge in [-0.25, -0.2) is 4.79 Å². The quantitative estimate of drug-likeness (QED) is 0.742. The van der Waals surface area contributed by atoms with Gasteiger partial charge < -0.3 is 15.2 Å². The Bertz CT molecular complexity index is 223. The Labute approximate surface area is 88.8 Å². The van der Waals surface area contributed by atoms with Gasteiger partial charge in [0.25, 0.3) is 0 Å². The fourth-order valence-electron chi connectivity index (χ4n) is 1.75. The van der Waals surface area contributed by atoms with Crippen molar-refractivity contribution in [3.63, 3.8) is 0 Å². The second-order valence-electron chi connectivity index (χ2n) is 3.85. The lowest BCUT2D eigenvalue weighted by atomic mass is 9.90. The molecule has 15 heavy (non-hydrogen) atoms. The van der Waals surface area contributed by atoms with Gasteiger partial charge in [0.1, 0.15) is 6.54 Å². The molecule has 0 unspecified atom stereocenters. The Morgan fingerprint density at radius 1 is 1.27 bits per heavy atom. The molecular formula is C10H17NO4. The number of carboxylic acid groups (broad SMARTS) is 1. The number of rotatable bonds is 4. The third-order valence-electron chi connectivity index (χ3n) is 2.56. The van der Waals surface area contributed by atoms with E-state index in [1.807, 2.05) is 0 Å². The lowest BCUT2D eigenvalue weighted by molar-refractivity contribution is -0.135. The van der Waals surface area contributed by atoms with E-state index in [-0.39, 0.29) is 6.54 Å². The number of carbonyl (C=O) groups excluding carboxylic acids is 1. The maximum Gasteiger partial charge on any atom is 0.407 e. The monoisotopic (exact) mass is 215 g/mol. The van der Waals surface area contributed by atoms with Crippen molar-refractivity contribution < 1.29 is 19.4 Å². The van der Waals surface area contributed by atoms with Crippen LogP contribution in [0.4, 0.5) is 4.79 Å². The van der Waals surface area contributed by atoms with Crippen LogP contribution in [0, 0.1) is 5.92 Å². The van der Waals surface area contributed by atoms with Crippen molar-refractivity contribution in [3.8, 4) is 0 Å². The molecule has 2 N–H and O–H groups in total. The number of carbonyl (C=O) groups is 2. The van der Waals surface area contributed by atoms with Crippen molar-refractivity contribution in [1.29, 1.82) is 0 Å². The molecule has 0 bridgehead atoms. The summed E-state index contributed by atoms with van der Waals surface area (Å²) < 4.78 is 4.92. The fourth-order valence-corrected chi connectivity index (χ4v) is 1.75. The van der Waals surface area contributed by atoms with Crippen molar-refractivity contribution in [2.24, 2.45) is 5.92 Å². The van der Waals surface area contributed by atoms with E-state index in [1.54, 1.807) is 0 Å². The summed E-state index contributed by atoms with van der Waals surface area (Å²) in [5, 5.41) is 10.5. The molecule has 0 heterocycles. The Balaban J connectivity index is 2.07. The van der Waals surface area contributed by atoms with Crippen LogP contribution < -0.4 is 5.32 Å². The molecule has 1 amide bonds. The van der Waals surface area contributed by atoms with E-state index in [1.165, 1.54) is 19.3 Å². The molecule has 0 spiro atoms. The molecule has 0 aromatic heterocycles. The number of ether oxygens (including phenoxy) is 1. The molecule has 1 saturated carbocycles. The molecule has 1 aliphatic carbocycles. The number of aliphatic carboxylic acids is 1. The first-order chi connectivity index (χ1) is 7.18. The maximum absolute atomic E-state index is 11.0. The zero-order chi connectivity index (χ0) is 11.1. The molecule has 5 nitrogen and oxygen atoms in total. The normalized spacial score (nSPS) is 17.1. The molecule has 1 fully saturated rings. The zero-order valence-corrected chi connectivity index (χ0v) is 8.70. The molecule has 0 saturated heterocycles. The van der Waals surface area contributed by atoms with Gasteiger partial charge >= 0.3 is 12.1 Å². The van der Waals surface area contributed by atoms with Crippen molar-refractivity contribution in [2.45, 2.75) is 32.1 Å². The molecule has 0 atom stereocenters. The molecule has 0 aromatic carbocycles. The van der Waals surface area contributed by atoms with Gasteiger partial charge in [-0.2, -0.15) is 0 Å². The van der Waals surface area contributed by atoms with Crippen molar-refractivity contribution >= 4 is 12.1 Å². The first-order valence-electron chi connectivity index (χ1n) is 5.31. The third kappa shape index (κ3) is 5.24. The average molecular weight is 215 g/mol. The number of hydrogen-bond donors (Lipinski definition) is 2. The highest BCUT2D eigenvalue weighted by atomic mass is 16.5. The molecule has 0 radical (unpaired) electrons. The van der Waals surface area contributed by atoms with Crippen LogP contribution in [0.15, 0.2) is 0 Å². The summed E-state index contributed by atoms with van der Waals surface area (Å²) in [6, 6.07) is 0. The molecule has 1 aliphatic rings. The van der Waals surface area contributed by atoms with Gasteiger partial charge in [0.05, 0.1) is 6.61 Å². The van der Waals surface area contributed by atoms with Gasteiger partial charge in [-0.05, 0) is 18.8 Å². The Kier molecular flexibility index (Phi) is 4.93. The lowest BCUT2D eigenvalue weighted by Gasteiger charge is -2.20. The van der Waals surface area contributed by atoms with E-state index in [4.69, 9.17) is 9.84 Å². The number of amides is 1. The minimum atomic E-state index is -1.07. The van der Waals surface area contributed by atoms with E-state index in [0.717, 1.165) is 12.8 Å². The van der Waals surface area contributed by atoms with E-state index in [9.17, 15) is 9.59 Å². The van der Waals surface area contributed by atoms with E-state index < -0.39 is 12.1 Å². The van der Waals surface area contributed by atoms with Crippen molar-refractivity contribution in [3.05, 3.63) is 0 Å². The number of alkyl carbamates (subject to hydrolysis) is 1. The molecule has 0 aliphatic heterocycles. The van der Waals surface area contributed by atoms with E-state index >= 15 is 0 Å². The van der Waals surface area contributed by atoms with Gasteiger partial charge in [0.2, 0.25) is 0 Å². The van der Waals surface area contributed by atoms with Crippen LogP contribution in [0.25, 0.3) is 0 Å². The van der Waals surface area contributed by atoms with E-state index in [2.05, 4.69) is 5.32 Å². The maximum atomic E-state index is 11.0. The van der Waals surface area contributed by atoms with Crippen LogP contribution in [0.1, 0.15) is 32.1 Å². The highest BCUT2D eigenvalue weighted by Gasteiger charge is 2.15. The van der Waals surface area contributed by atoms with Crippen molar-refractivity contribution in [2.75, 3.05) is 13.2 Å². The van der Waals surface area contributed by atoms with E-state index in [0.29, 0.717) is 12.5 Å². The average Bonchev–Trinajstić information content (AvgIpc) is 2.25. The molecule has 86 valence electrons. The van der Waals surface area contributed by atoms with Crippen molar-refractivity contribution in [1.82, 2.24) is 5.32 Å². The Morgan fingerprint density at radius 3 is 2.53 bits per heavy atom. The highest BCUT2D eigenvalue weighted by molar-refractivity contribution is 5.76. The summed E-state index contributed by atoms with van der Waals surface area (Å²) in [6.45, 7) is 0.0228. The summed E-state index contributed by atoms with van der Waals surface area (Å²) in [5.74, 6) is -0.612. The summed E-state index contributed by atoms with van der Waals surface area (Å²) in [4.78, 5) is 21.1. The third-order valence-corrected chi connectivity index (χ3v) is 2.56. The van der Waals surface area contributed by atoms with Crippen LogP contribution in [0.3, 0.4) is 0 Å². The lowest BCUT2D eigenvalue weighted by Crippen LogP contribution is -2.31. The summed E-state index contributed by atoms with van der Waals surface area (Å²) in [6.07, 6.45) is 5.23. The summed E-state index contributed by atoms with van der Waals surface area (Å²) in [5.41, 5.74) is 0. The second-order valence-corrected chi connectivity index (χ2v) is 3.85. The number of carboxylic acids is 1. The largest absolute Gasteiger partial charge is 0.480 e. The zero-order valence-electron chi connectivity index (χ0n) is 8.70. The first kappa shape index (κ1) is 11.8. The predicted octanol–water partition coefficient (Wildman–Crippen LogP) is 1.38. The van der Waals surface area contributed by atoms with Crippen LogP contribution in [-0.2, 0) is 9.53 Å². The fraction of sp³-hybridized carbons (Fsp3) is 0.800. The predicted molar refractivity (Wildman–Crippen MR) is 53.6 cm³/mol. The van der Waals surface area contributed by atoms with Crippen LogP contribution in [0.5, 0.6) is 0 Å². The number of hydrogen-bond acceptors (Lipinski definition) is 3. The van der Waals surface area contributed by atoms with Crippen LogP contribution >= 0.6 is 0 Å². The molecule has 0 aromatic rings. The minimum Gasteiger partial charge on any atom is -0.480 e. The molecule has 1 rings (SSSR count). The molecular weight excluding hydrogens is 198 g/mol. The number of nitrogens with one attached hydrogen (secondary N) is 1. The highest BCUT2D eigenvalue weighted by Crippen LogP contribution is 2.23. The van der Waals surface area contributed by atoms with Gasteiger partial charge in [0.15, 0.2) is 0 Å². The minimum absolute atomic E-state index is 0.385. The Hall–Kier alpha value is -1.26. The second kappa shape index (κ2) is 6.27. The summed E-state index contributed by atoms with van der Waals surface area (Å²) in [7, 11) is 0. The standard InChI is InChI=1S/C10H17NO4/c12-9(13)6-11-10(14)15-7-8-4-2-1-3-5-8/h8H,1-7H2,(H,11,14)(H,12,13).